The fourth-order valence-corrected chi connectivity index (χ4v) is 9.36. The molecule has 3 saturated heterocycles. The summed E-state index contributed by atoms with van der Waals surface area (Å²) in [6, 6.07) is 0.423. The number of aromatic hydroxyl groups is 1. The number of fused-ring (bicyclic) bond motifs is 2. The molecule has 3 fully saturated rings. The number of carbonyl (C=O) groups is 10. The van der Waals surface area contributed by atoms with Crippen LogP contribution in [0.2, 0.25) is 0 Å². The van der Waals surface area contributed by atoms with Gasteiger partial charge in [0.1, 0.15) is 72.2 Å². The number of likely N-dealkylation sites (N-methyl/N-ethyl adjacent to an activating group) is 1. The molecule has 2 bridgehead atoms. The second-order valence-electron chi connectivity index (χ2n) is 19.4. The molecule has 2 aromatic rings. The normalized spacial score (nSPS) is 26.5. The number of aryl methyl sites for hydroxylation is 1. The van der Waals surface area contributed by atoms with Crippen LogP contribution in [-0.2, 0) is 65.5 Å². The zero-order valence-corrected chi connectivity index (χ0v) is 43.1. The van der Waals surface area contributed by atoms with Gasteiger partial charge < -0.3 is 71.8 Å². The van der Waals surface area contributed by atoms with Crippen molar-refractivity contribution in [3.05, 3.63) is 59.7 Å². The van der Waals surface area contributed by atoms with Gasteiger partial charge in [0.25, 0.3) is 0 Å². The van der Waals surface area contributed by atoms with Gasteiger partial charge in [0.05, 0.1) is 13.2 Å². The highest BCUT2D eigenvalue weighted by Crippen LogP contribution is 2.26. The minimum Gasteiger partial charge on any atom is -0.508 e. The van der Waals surface area contributed by atoms with Crippen molar-refractivity contribution in [2.45, 2.75) is 159 Å². The lowest BCUT2D eigenvalue weighted by molar-refractivity contribution is -0.170. The zero-order chi connectivity index (χ0) is 55.3. The summed E-state index contributed by atoms with van der Waals surface area (Å²) in [5.41, 5.74) is 6.57. The van der Waals surface area contributed by atoms with Crippen LogP contribution in [0.4, 0.5) is 0 Å². The molecule has 12 atom stereocenters. The first-order valence-corrected chi connectivity index (χ1v) is 25.2. The van der Waals surface area contributed by atoms with Crippen molar-refractivity contribution in [2.75, 3.05) is 20.7 Å². The summed E-state index contributed by atoms with van der Waals surface area (Å²) < 4.78 is 11.2. The summed E-state index contributed by atoms with van der Waals surface area (Å²) in [5, 5.41) is 45.6. The lowest BCUT2D eigenvalue weighted by Crippen LogP contribution is -2.67. The van der Waals surface area contributed by atoms with Crippen LogP contribution in [-0.4, -0.2) is 177 Å². The molecule has 9 amide bonds. The number of hydrogen-bond donors (Lipinski definition) is 9. The van der Waals surface area contributed by atoms with Crippen molar-refractivity contribution in [1.82, 2.24) is 41.3 Å². The molecule has 0 aromatic heterocycles. The highest BCUT2D eigenvalue weighted by molar-refractivity contribution is 5.99. The van der Waals surface area contributed by atoms with E-state index >= 15 is 0 Å². The molecule has 24 heteroatoms. The van der Waals surface area contributed by atoms with Crippen LogP contribution in [0.3, 0.4) is 0 Å². The number of phenols is 1. The van der Waals surface area contributed by atoms with Crippen molar-refractivity contribution >= 4 is 59.6 Å². The Morgan fingerprint density at radius 2 is 1.59 bits per heavy atom. The summed E-state index contributed by atoms with van der Waals surface area (Å²) in [5.74, 6) is -8.79. The number of primary amides is 1. The van der Waals surface area contributed by atoms with Gasteiger partial charge >= 0.3 is 5.97 Å². The van der Waals surface area contributed by atoms with Crippen LogP contribution in [0.1, 0.15) is 90.2 Å². The van der Waals surface area contributed by atoms with Crippen molar-refractivity contribution in [3.63, 3.8) is 0 Å². The predicted molar refractivity (Wildman–Crippen MR) is 266 cm³/mol. The number of carbonyl (C=O) groups excluding carboxylic acids is 10. The number of cyclic esters (lactones) is 1. The van der Waals surface area contributed by atoms with E-state index in [1.807, 2.05) is 0 Å². The Labute approximate surface area is 434 Å². The molecular weight excluding hydrogens is 979 g/mol. The van der Waals surface area contributed by atoms with Crippen molar-refractivity contribution in [3.8, 4) is 11.5 Å². The van der Waals surface area contributed by atoms with Crippen LogP contribution in [0, 0.1) is 5.92 Å². The molecular formula is C51H71N9O15. The Kier molecular flexibility index (Phi) is 20.9. The van der Waals surface area contributed by atoms with Crippen LogP contribution in [0.25, 0.3) is 0 Å². The third-order valence-electron chi connectivity index (χ3n) is 14.1. The topological polar surface area (TPSA) is 346 Å². The SMILES string of the molecule is CC[C@H](C)[C@@H]1NC(=O)[C@H](Cc2ccc(OC)cc2)N(C)C(=O)C([C@@H](C)O)N2C(=O)C(CC[C@H]2O)NC(=O)C(CCc2ccc(O)cc2)NC(=O)C(NC(=O)[C@H](CCC(N)=O)NC(=O)[C@@H]2CCCN2C=O)[C@@H](C)OC1=O. The van der Waals surface area contributed by atoms with Crippen LogP contribution in [0.15, 0.2) is 48.5 Å². The highest BCUT2D eigenvalue weighted by Gasteiger charge is 2.47. The molecule has 4 unspecified atom stereocenters. The number of nitrogens with two attached hydrogens (primary N) is 1. The Hall–Kier alpha value is -7.34. The maximum atomic E-state index is 14.8. The minimum absolute atomic E-state index is 0.0425. The first kappa shape index (κ1) is 58.5. The largest absolute Gasteiger partial charge is 0.508 e. The second-order valence-corrected chi connectivity index (χ2v) is 19.4. The standard InChI is InChI=1S/C51H71N9O15/c1-7-27(2)41-51(73)75-29(4)42(57-45(67)35(20-22-39(52)64)53-46(68)37-9-8-24-59(37)26-61)48(70)54-34(19-14-30-10-15-32(63)16-11-30)44(66)55-36-21-23-40(65)60(49(36)71)43(28(3)62)50(72)58(5)38(47(69)56-41)25-31-12-17-33(74-6)18-13-31/h10-13,15-18,26-29,34-38,40-43,62-63,65H,7-9,14,19-25H2,1-6H3,(H2,52,64)(H,53,68)(H,54,70)(H,55,66)(H,56,69)(H,57,67)/t27-,28+,29+,34?,35-,36?,37-,38-,40+,41-,42?,43?/m0/s1. The molecule has 0 aliphatic carbocycles. The predicted octanol–water partition coefficient (Wildman–Crippen LogP) is -1.60. The lowest BCUT2D eigenvalue weighted by Gasteiger charge is -2.43. The van der Waals surface area contributed by atoms with Crippen molar-refractivity contribution in [2.24, 2.45) is 11.7 Å². The molecule has 0 radical (unpaired) electrons. The van der Waals surface area contributed by atoms with Crippen LogP contribution in [0.5, 0.6) is 11.5 Å². The van der Waals surface area contributed by atoms with E-state index in [0.29, 0.717) is 29.7 Å². The number of esters is 1. The van der Waals surface area contributed by atoms with E-state index in [1.165, 1.54) is 45.0 Å². The summed E-state index contributed by atoms with van der Waals surface area (Å²) in [7, 11) is 2.73. The third-order valence-corrected chi connectivity index (χ3v) is 14.1. The number of aliphatic hydroxyl groups excluding tert-OH is 2. The molecule has 75 heavy (non-hydrogen) atoms. The number of hydrogen-bond acceptors (Lipinski definition) is 15. The molecule has 3 aliphatic rings. The van der Waals surface area contributed by atoms with E-state index in [9.17, 15) is 63.3 Å². The first-order chi connectivity index (χ1) is 35.6. The number of piperidine rings is 1. The molecule has 3 heterocycles. The minimum atomic E-state index is -1.88. The van der Waals surface area contributed by atoms with E-state index < -0.39 is 132 Å². The summed E-state index contributed by atoms with van der Waals surface area (Å²) in [4.78, 5) is 143. The molecule has 10 N–H and O–H groups in total. The summed E-state index contributed by atoms with van der Waals surface area (Å²) >= 11 is 0. The van der Waals surface area contributed by atoms with Gasteiger partial charge in [-0.15, -0.1) is 0 Å². The molecule has 410 valence electrons. The average molecular weight is 1050 g/mol. The number of methoxy groups -OCH3 is 1. The smallest absolute Gasteiger partial charge is 0.329 e. The molecule has 0 saturated carbocycles. The Balaban J connectivity index is 1.62. The van der Waals surface area contributed by atoms with Gasteiger partial charge in [-0.25, -0.2) is 4.79 Å². The molecule has 24 nitrogen and oxygen atoms in total. The number of amides is 9. The third kappa shape index (κ3) is 15.1. The molecule has 3 aliphatic heterocycles. The van der Waals surface area contributed by atoms with E-state index in [4.69, 9.17) is 15.2 Å². The fraction of sp³-hybridized carbons (Fsp3) is 0.569. The molecule has 0 spiro atoms. The van der Waals surface area contributed by atoms with Gasteiger partial charge in [-0.2, -0.15) is 0 Å². The van der Waals surface area contributed by atoms with Gasteiger partial charge in [-0.1, -0.05) is 44.5 Å². The maximum absolute atomic E-state index is 14.8. The monoisotopic (exact) mass is 1050 g/mol. The highest BCUT2D eigenvalue weighted by atomic mass is 16.5. The first-order valence-electron chi connectivity index (χ1n) is 25.2. The number of ether oxygens (including phenoxy) is 2. The number of aliphatic hydroxyl groups is 2. The van der Waals surface area contributed by atoms with Gasteiger partial charge in [0.2, 0.25) is 53.7 Å². The molecule has 2 aromatic carbocycles. The van der Waals surface area contributed by atoms with E-state index in [0.717, 1.165) is 9.80 Å². The van der Waals surface area contributed by atoms with Crippen LogP contribution < -0.4 is 37.1 Å². The van der Waals surface area contributed by atoms with E-state index in [-0.39, 0.29) is 63.7 Å². The number of rotatable bonds is 17. The van der Waals surface area contributed by atoms with Crippen molar-refractivity contribution in [1.29, 1.82) is 0 Å². The maximum Gasteiger partial charge on any atom is 0.329 e. The number of nitrogens with one attached hydrogen (secondary N) is 5. The molecule has 5 rings (SSSR count). The Morgan fingerprint density at radius 1 is 0.920 bits per heavy atom. The number of phenolic OH excluding ortho intramolecular Hbond substituents is 1. The fourth-order valence-electron chi connectivity index (χ4n) is 9.36. The van der Waals surface area contributed by atoms with E-state index in [1.54, 1.807) is 50.2 Å². The Morgan fingerprint density at radius 3 is 2.20 bits per heavy atom. The van der Waals surface area contributed by atoms with E-state index in [2.05, 4.69) is 26.6 Å². The van der Waals surface area contributed by atoms with Gasteiger partial charge in [-0.05, 0) is 100 Å². The lowest BCUT2D eigenvalue weighted by atomic mass is 9.96. The van der Waals surface area contributed by atoms with Crippen molar-refractivity contribution < 1.29 is 72.7 Å². The quantitative estimate of drug-likeness (QED) is 0.0636. The number of nitrogens with zero attached hydrogens (tertiary/aromatic N) is 3. The zero-order valence-electron chi connectivity index (χ0n) is 43.1. The summed E-state index contributed by atoms with van der Waals surface area (Å²) in [6.45, 7) is 6.12. The number of likely N-dealkylation sites (tertiary alicyclic amines) is 1. The number of benzene rings is 2. The van der Waals surface area contributed by atoms with Crippen LogP contribution >= 0.6 is 0 Å². The summed E-state index contributed by atoms with van der Waals surface area (Å²) in [6.07, 6.45) is -4.79. The van der Waals surface area contributed by atoms with Gasteiger partial charge in [0.15, 0.2) is 0 Å². The average Bonchev–Trinajstić information content (AvgIpc) is 3.87. The van der Waals surface area contributed by atoms with Gasteiger partial charge in [0, 0.05) is 26.4 Å². The van der Waals surface area contributed by atoms with Gasteiger partial charge in [-0.3, -0.25) is 43.2 Å². The Bertz CT molecular complexity index is 2390. The second kappa shape index (κ2) is 26.7.